The van der Waals surface area contributed by atoms with Gasteiger partial charge in [-0.3, -0.25) is 4.79 Å². The van der Waals surface area contributed by atoms with Crippen LogP contribution < -0.4 is 15.8 Å². The highest BCUT2D eigenvalue weighted by atomic mass is 16.5. The summed E-state index contributed by atoms with van der Waals surface area (Å²) in [5.74, 6) is 0. The summed E-state index contributed by atoms with van der Waals surface area (Å²) in [4.78, 5) is 14.0. The normalized spacial score (nSPS) is 18.7. The van der Waals surface area contributed by atoms with Crippen LogP contribution in [0.1, 0.15) is 12.8 Å². The third-order valence-electron chi connectivity index (χ3n) is 3.48. The van der Waals surface area contributed by atoms with Gasteiger partial charge in [0, 0.05) is 32.8 Å². The van der Waals surface area contributed by atoms with E-state index in [2.05, 4.69) is 10.4 Å². The number of likely N-dealkylation sites (N-methyl/N-ethyl adjacent to an activating group) is 1. The number of hydrogen-bond donors (Lipinski definition) is 1. The van der Waals surface area contributed by atoms with Crippen LogP contribution in [0.25, 0.3) is 0 Å². The van der Waals surface area contributed by atoms with Crippen molar-refractivity contribution in [2.75, 3.05) is 38.8 Å². The van der Waals surface area contributed by atoms with Crippen molar-refractivity contribution in [1.82, 2.24) is 15.1 Å². The smallest absolute Gasteiger partial charge is 0.268 e. The zero-order chi connectivity index (χ0) is 13.7. The van der Waals surface area contributed by atoms with Gasteiger partial charge in [-0.05, 0) is 19.4 Å². The quantitative estimate of drug-likeness (QED) is 0.790. The van der Waals surface area contributed by atoms with E-state index in [-0.39, 0.29) is 5.56 Å². The molecule has 0 saturated carbocycles. The van der Waals surface area contributed by atoms with E-state index < -0.39 is 0 Å². The van der Waals surface area contributed by atoms with E-state index in [1.165, 1.54) is 11.1 Å². The van der Waals surface area contributed by atoms with Crippen molar-refractivity contribution in [3.63, 3.8) is 0 Å². The number of aromatic nitrogens is 2. The van der Waals surface area contributed by atoms with E-state index >= 15 is 0 Å². The molecular formula is C13H22N4O2. The Kier molecular flexibility index (Phi) is 4.93. The number of rotatable bonds is 6. The van der Waals surface area contributed by atoms with Gasteiger partial charge in [0.25, 0.3) is 5.56 Å². The van der Waals surface area contributed by atoms with Gasteiger partial charge in [-0.2, -0.15) is 5.10 Å². The molecule has 19 heavy (non-hydrogen) atoms. The Morgan fingerprint density at radius 1 is 1.63 bits per heavy atom. The molecule has 2 rings (SSSR count). The number of anilines is 1. The lowest BCUT2D eigenvalue weighted by Crippen LogP contribution is -2.34. The molecule has 0 aliphatic carbocycles. The van der Waals surface area contributed by atoms with Crippen molar-refractivity contribution in [2.24, 2.45) is 0 Å². The van der Waals surface area contributed by atoms with Crippen molar-refractivity contribution >= 4 is 5.69 Å². The van der Waals surface area contributed by atoms with Gasteiger partial charge in [0.15, 0.2) is 0 Å². The zero-order valence-electron chi connectivity index (χ0n) is 11.6. The molecule has 1 N–H and O–H groups in total. The van der Waals surface area contributed by atoms with Crippen molar-refractivity contribution in [1.29, 1.82) is 0 Å². The molecule has 1 saturated heterocycles. The molecule has 2 heterocycles. The van der Waals surface area contributed by atoms with Crippen LogP contribution >= 0.6 is 0 Å². The van der Waals surface area contributed by atoms with E-state index in [9.17, 15) is 4.79 Å². The highest BCUT2D eigenvalue weighted by Gasteiger charge is 2.15. The van der Waals surface area contributed by atoms with Gasteiger partial charge in [0.05, 0.1) is 25.0 Å². The van der Waals surface area contributed by atoms with Crippen LogP contribution in [0.3, 0.4) is 0 Å². The third kappa shape index (κ3) is 3.78. The van der Waals surface area contributed by atoms with Crippen LogP contribution in [-0.2, 0) is 11.3 Å². The molecule has 1 aliphatic heterocycles. The maximum atomic E-state index is 12.0. The lowest BCUT2D eigenvalue weighted by atomic mass is 10.2. The predicted octanol–water partition coefficient (Wildman–Crippen LogP) is 0.0779. The zero-order valence-corrected chi connectivity index (χ0v) is 11.6. The first-order chi connectivity index (χ1) is 9.20. The monoisotopic (exact) mass is 266 g/mol. The van der Waals surface area contributed by atoms with Crippen LogP contribution in [0, 0.1) is 0 Å². The third-order valence-corrected chi connectivity index (χ3v) is 3.48. The molecule has 0 radical (unpaired) electrons. The lowest BCUT2D eigenvalue weighted by Gasteiger charge is -2.19. The minimum absolute atomic E-state index is 0.0459. The molecule has 1 aromatic heterocycles. The maximum absolute atomic E-state index is 12.0. The predicted molar refractivity (Wildman–Crippen MR) is 74.7 cm³/mol. The van der Waals surface area contributed by atoms with Crippen LogP contribution in [0.5, 0.6) is 0 Å². The fourth-order valence-electron chi connectivity index (χ4n) is 2.25. The molecule has 6 nitrogen and oxygen atoms in total. The second kappa shape index (κ2) is 6.68. The maximum Gasteiger partial charge on any atom is 0.268 e. The van der Waals surface area contributed by atoms with Crippen LogP contribution in [0.2, 0.25) is 0 Å². The fourth-order valence-corrected chi connectivity index (χ4v) is 2.25. The van der Waals surface area contributed by atoms with E-state index in [4.69, 9.17) is 4.74 Å². The summed E-state index contributed by atoms with van der Waals surface area (Å²) in [5.41, 5.74) is 0.785. The molecule has 106 valence electrons. The molecule has 1 unspecified atom stereocenters. The minimum atomic E-state index is -0.0459. The summed E-state index contributed by atoms with van der Waals surface area (Å²) in [6.45, 7) is 3.07. The van der Waals surface area contributed by atoms with Crippen molar-refractivity contribution in [2.45, 2.75) is 25.4 Å². The van der Waals surface area contributed by atoms with E-state index in [1.54, 1.807) is 19.4 Å². The summed E-state index contributed by atoms with van der Waals surface area (Å²) in [6, 6.07) is 2.01. The van der Waals surface area contributed by atoms with Crippen LogP contribution in [0.4, 0.5) is 5.69 Å². The van der Waals surface area contributed by atoms with Crippen molar-refractivity contribution in [3.05, 3.63) is 22.6 Å². The minimum Gasteiger partial charge on any atom is -0.383 e. The first kappa shape index (κ1) is 14.0. The molecule has 0 bridgehead atoms. The molecule has 1 fully saturated rings. The van der Waals surface area contributed by atoms with Gasteiger partial charge in [-0.25, -0.2) is 4.68 Å². The molecule has 1 aromatic rings. The standard InChI is InChI=1S/C13H22N4O2/c1-16(6-7-19-2)12-8-13(18)17(15-9-12)10-11-4-3-5-14-11/h8-9,11,14H,3-7,10H2,1-2H3. The van der Waals surface area contributed by atoms with Crippen molar-refractivity contribution in [3.8, 4) is 0 Å². The summed E-state index contributed by atoms with van der Waals surface area (Å²) in [5, 5.41) is 7.62. The Bertz CT molecular complexity index is 454. The Morgan fingerprint density at radius 3 is 3.11 bits per heavy atom. The molecule has 0 amide bonds. The first-order valence-electron chi connectivity index (χ1n) is 6.71. The van der Waals surface area contributed by atoms with Gasteiger partial charge in [-0.1, -0.05) is 0 Å². The molecule has 6 heteroatoms. The molecule has 1 aliphatic rings. The molecule has 1 atom stereocenters. The average Bonchev–Trinajstić information content (AvgIpc) is 2.91. The molecule has 0 spiro atoms. The average molecular weight is 266 g/mol. The van der Waals surface area contributed by atoms with Crippen LogP contribution in [-0.4, -0.2) is 49.7 Å². The molecular weight excluding hydrogens is 244 g/mol. The Labute approximate surface area is 113 Å². The summed E-state index contributed by atoms with van der Waals surface area (Å²) in [7, 11) is 3.59. The SMILES string of the molecule is COCCN(C)c1cnn(CC2CCCN2)c(=O)c1. The molecule has 0 aromatic carbocycles. The van der Waals surface area contributed by atoms with Gasteiger partial charge in [0.2, 0.25) is 0 Å². The number of ether oxygens (including phenoxy) is 1. The highest BCUT2D eigenvalue weighted by Crippen LogP contribution is 2.08. The van der Waals surface area contributed by atoms with E-state index in [0.29, 0.717) is 19.2 Å². The van der Waals surface area contributed by atoms with Crippen LogP contribution in [0.15, 0.2) is 17.1 Å². The summed E-state index contributed by atoms with van der Waals surface area (Å²) in [6.07, 6.45) is 4.03. The Hall–Kier alpha value is -1.40. The number of nitrogens with zero attached hydrogens (tertiary/aromatic N) is 3. The first-order valence-corrected chi connectivity index (χ1v) is 6.71. The Balaban J connectivity index is 2.01. The number of nitrogens with one attached hydrogen (secondary N) is 1. The van der Waals surface area contributed by atoms with E-state index in [1.807, 2.05) is 11.9 Å². The summed E-state index contributed by atoms with van der Waals surface area (Å²) < 4.78 is 6.56. The topological polar surface area (TPSA) is 59.4 Å². The van der Waals surface area contributed by atoms with Gasteiger partial charge in [-0.15, -0.1) is 0 Å². The largest absolute Gasteiger partial charge is 0.383 e. The summed E-state index contributed by atoms with van der Waals surface area (Å²) >= 11 is 0. The van der Waals surface area contributed by atoms with E-state index in [0.717, 1.165) is 25.2 Å². The van der Waals surface area contributed by atoms with Crippen molar-refractivity contribution < 1.29 is 4.74 Å². The van der Waals surface area contributed by atoms with Gasteiger partial charge in [0.1, 0.15) is 0 Å². The Morgan fingerprint density at radius 2 is 2.47 bits per heavy atom. The highest BCUT2D eigenvalue weighted by molar-refractivity contribution is 5.41. The van der Waals surface area contributed by atoms with Gasteiger partial charge >= 0.3 is 0 Å². The lowest BCUT2D eigenvalue weighted by molar-refractivity contribution is 0.206. The number of hydrogen-bond acceptors (Lipinski definition) is 5. The second-order valence-corrected chi connectivity index (χ2v) is 4.94. The van der Waals surface area contributed by atoms with Gasteiger partial charge < -0.3 is 15.0 Å². The number of methoxy groups -OCH3 is 1. The fraction of sp³-hybridized carbons (Fsp3) is 0.692. The second-order valence-electron chi connectivity index (χ2n) is 4.94.